The molecule has 0 saturated carbocycles. The van der Waals surface area contributed by atoms with Crippen molar-refractivity contribution in [3.8, 4) is 11.3 Å². The lowest BCUT2D eigenvalue weighted by atomic mass is 9.73. The fraction of sp³-hybridized carbons (Fsp3) is 0.364. The van der Waals surface area contributed by atoms with Crippen LogP contribution in [0.1, 0.15) is 79.4 Å². The van der Waals surface area contributed by atoms with Crippen molar-refractivity contribution in [2.75, 3.05) is 18.5 Å². The van der Waals surface area contributed by atoms with E-state index in [1.165, 1.54) is 0 Å². The first-order valence-corrected chi connectivity index (χ1v) is 15.1. The summed E-state index contributed by atoms with van der Waals surface area (Å²) < 4.78 is 18.2. The largest absolute Gasteiger partial charge is 0.494 e. The number of hydrogen-bond donors (Lipinski definition) is 1. The fourth-order valence-electron chi connectivity index (χ4n) is 5.51. The van der Waals surface area contributed by atoms with Gasteiger partial charge < -0.3 is 19.0 Å². The van der Waals surface area contributed by atoms with Crippen LogP contribution < -0.4 is 16.2 Å². The number of nitrogens with one attached hydrogen (secondary N) is 1. The quantitative estimate of drug-likeness (QED) is 0.129. The molecule has 224 valence electrons. The minimum atomic E-state index is -0.701. The zero-order valence-electron chi connectivity index (χ0n) is 25.4. The summed E-state index contributed by atoms with van der Waals surface area (Å²) in [5, 5.41) is 4.56. The van der Waals surface area contributed by atoms with Gasteiger partial charge in [-0.1, -0.05) is 69.1 Å². The maximum absolute atomic E-state index is 13.3. The van der Waals surface area contributed by atoms with Gasteiger partial charge in [-0.05, 0) is 50.0 Å². The molecule has 1 unspecified atom stereocenters. The summed E-state index contributed by atoms with van der Waals surface area (Å²) in [5.41, 5.74) is 5.27. The molecule has 4 aromatic rings. The zero-order valence-corrected chi connectivity index (χ0v) is 26.9. The standard InChI is InChI=1S/C33H35BCl2N2O5/c1-17(2)31-19(4)30(40)23-13-18(3)12-22(32(23)43-31)20(5)37-26-10-11-27(35)38-29(26)21-8-9-25(24(14-39)28(21)36)34-41-15-33(6,7)16-42-34/h8-14,17,20,37H,15-16H2,1-7H3. The van der Waals surface area contributed by atoms with Gasteiger partial charge in [0.25, 0.3) is 0 Å². The van der Waals surface area contributed by atoms with Gasteiger partial charge in [-0.3, -0.25) is 9.59 Å². The van der Waals surface area contributed by atoms with Crippen molar-refractivity contribution in [1.29, 1.82) is 0 Å². The second kappa shape index (κ2) is 12.1. The molecule has 0 bridgehead atoms. The van der Waals surface area contributed by atoms with Crippen molar-refractivity contribution in [3.05, 3.63) is 84.8 Å². The van der Waals surface area contributed by atoms with Gasteiger partial charge in [0.1, 0.15) is 16.5 Å². The number of anilines is 1. The highest BCUT2D eigenvalue weighted by atomic mass is 35.5. The molecule has 43 heavy (non-hydrogen) atoms. The monoisotopic (exact) mass is 620 g/mol. The molecule has 1 fully saturated rings. The topological polar surface area (TPSA) is 90.7 Å². The SMILES string of the molecule is Cc1cc(C(C)Nc2ccc(Cl)nc2-c2ccc(B3OCC(C)(C)CO3)c(C=O)c2Cl)c2oc(C(C)C)c(C)c(=O)c2c1. The lowest BCUT2D eigenvalue weighted by molar-refractivity contribution is 0.0342. The number of hydrogen-bond acceptors (Lipinski definition) is 7. The normalized spacial score (nSPS) is 15.6. The van der Waals surface area contributed by atoms with Crippen LogP contribution in [0.25, 0.3) is 22.2 Å². The van der Waals surface area contributed by atoms with Crippen molar-refractivity contribution in [2.24, 2.45) is 5.41 Å². The summed E-state index contributed by atoms with van der Waals surface area (Å²) in [4.78, 5) is 30.2. The Morgan fingerprint density at radius 3 is 2.40 bits per heavy atom. The minimum absolute atomic E-state index is 0.0290. The number of nitrogens with zero attached hydrogens (tertiary/aromatic N) is 1. The number of aromatic nitrogens is 1. The lowest BCUT2D eigenvalue weighted by Crippen LogP contribution is -2.48. The smallest absolute Gasteiger partial charge is 0.460 e. The number of pyridine rings is 1. The second-order valence-electron chi connectivity index (χ2n) is 12.4. The molecule has 2 aromatic carbocycles. The van der Waals surface area contributed by atoms with Gasteiger partial charge in [-0.15, -0.1) is 0 Å². The minimum Gasteiger partial charge on any atom is -0.460 e. The second-order valence-corrected chi connectivity index (χ2v) is 13.1. The summed E-state index contributed by atoms with van der Waals surface area (Å²) in [6.45, 7) is 14.9. The van der Waals surface area contributed by atoms with E-state index >= 15 is 0 Å². The third-order valence-electron chi connectivity index (χ3n) is 7.74. The average Bonchev–Trinajstić information content (AvgIpc) is 2.95. The van der Waals surface area contributed by atoms with E-state index < -0.39 is 7.12 Å². The van der Waals surface area contributed by atoms with Gasteiger partial charge in [0.15, 0.2) is 11.7 Å². The molecule has 0 radical (unpaired) electrons. The molecule has 7 nitrogen and oxygen atoms in total. The number of aldehydes is 1. The Labute approximate surface area is 262 Å². The highest BCUT2D eigenvalue weighted by Crippen LogP contribution is 2.37. The molecule has 1 atom stereocenters. The summed E-state index contributed by atoms with van der Waals surface area (Å²) in [7, 11) is -0.701. The number of halogens is 2. The predicted octanol–water partition coefficient (Wildman–Crippen LogP) is 7.66. The molecule has 0 aliphatic carbocycles. The molecule has 0 amide bonds. The Morgan fingerprint density at radius 2 is 1.74 bits per heavy atom. The van der Waals surface area contributed by atoms with Crippen molar-refractivity contribution < 1.29 is 18.5 Å². The maximum atomic E-state index is 13.3. The van der Waals surface area contributed by atoms with Gasteiger partial charge >= 0.3 is 7.12 Å². The molecular weight excluding hydrogens is 586 g/mol. The van der Waals surface area contributed by atoms with Crippen molar-refractivity contribution in [1.82, 2.24) is 4.98 Å². The summed E-state index contributed by atoms with van der Waals surface area (Å²) in [6.07, 6.45) is 0.711. The maximum Gasteiger partial charge on any atom is 0.494 e. The first kappa shape index (κ1) is 31.3. The lowest BCUT2D eigenvalue weighted by Gasteiger charge is -2.33. The van der Waals surface area contributed by atoms with Crippen LogP contribution in [-0.4, -0.2) is 31.6 Å². The summed E-state index contributed by atoms with van der Waals surface area (Å²) in [5.74, 6) is 0.723. The van der Waals surface area contributed by atoms with Crippen LogP contribution in [-0.2, 0) is 9.31 Å². The van der Waals surface area contributed by atoms with E-state index in [1.54, 1.807) is 18.2 Å². The fourth-order valence-corrected chi connectivity index (χ4v) is 5.97. The Kier molecular flexibility index (Phi) is 8.78. The molecule has 5 rings (SSSR count). The van der Waals surface area contributed by atoms with Crippen LogP contribution >= 0.6 is 23.2 Å². The number of rotatable bonds is 7. The van der Waals surface area contributed by atoms with E-state index in [4.69, 9.17) is 36.9 Å². The Hall–Kier alpha value is -3.17. The van der Waals surface area contributed by atoms with Crippen molar-refractivity contribution in [3.63, 3.8) is 0 Å². The molecule has 2 aromatic heterocycles. The molecule has 1 saturated heterocycles. The van der Waals surface area contributed by atoms with E-state index in [2.05, 4.69) is 24.1 Å². The number of carbonyl (C=O) groups is 1. The molecule has 1 aliphatic rings. The molecule has 1 aliphatic heterocycles. The number of benzene rings is 2. The van der Waals surface area contributed by atoms with Crippen LogP contribution in [0.5, 0.6) is 0 Å². The Bertz CT molecular complexity index is 1780. The molecule has 10 heteroatoms. The van der Waals surface area contributed by atoms with Crippen LogP contribution in [0.2, 0.25) is 10.2 Å². The molecule has 3 heterocycles. The van der Waals surface area contributed by atoms with E-state index in [-0.39, 0.29) is 38.5 Å². The van der Waals surface area contributed by atoms with Crippen LogP contribution in [0.4, 0.5) is 5.69 Å². The van der Waals surface area contributed by atoms with Gasteiger partial charge in [0.05, 0.1) is 27.8 Å². The van der Waals surface area contributed by atoms with Crippen LogP contribution in [0.3, 0.4) is 0 Å². The van der Waals surface area contributed by atoms with Crippen molar-refractivity contribution >= 4 is 58.7 Å². The first-order valence-electron chi connectivity index (χ1n) is 14.3. The van der Waals surface area contributed by atoms with E-state index in [0.29, 0.717) is 64.2 Å². The van der Waals surface area contributed by atoms with Crippen LogP contribution in [0.15, 0.2) is 45.6 Å². The number of fused-ring (bicyclic) bond motifs is 1. The van der Waals surface area contributed by atoms with Gasteiger partial charge in [0, 0.05) is 46.8 Å². The third-order valence-corrected chi connectivity index (χ3v) is 8.36. The van der Waals surface area contributed by atoms with Gasteiger partial charge in [-0.25, -0.2) is 4.98 Å². The highest BCUT2D eigenvalue weighted by molar-refractivity contribution is 6.63. The predicted molar refractivity (Wildman–Crippen MR) is 174 cm³/mol. The van der Waals surface area contributed by atoms with E-state index in [1.807, 2.05) is 52.8 Å². The number of aryl methyl sites for hydroxylation is 1. The van der Waals surface area contributed by atoms with Crippen molar-refractivity contribution in [2.45, 2.75) is 60.4 Å². The first-order chi connectivity index (χ1) is 20.3. The van der Waals surface area contributed by atoms with Crippen LogP contribution in [0, 0.1) is 19.3 Å². The summed E-state index contributed by atoms with van der Waals surface area (Å²) >= 11 is 13.2. The Morgan fingerprint density at radius 1 is 1.05 bits per heavy atom. The third kappa shape index (κ3) is 6.11. The molecule has 1 N–H and O–H groups in total. The highest BCUT2D eigenvalue weighted by Gasteiger charge is 2.36. The zero-order chi connectivity index (χ0) is 31.2. The number of carbonyl (C=O) groups excluding carboxylic acids is 1. The average molecular weight is 621 g/mol. The van der Waals surface area contributed by atoms with E-state index in [0.717, 1.165) is 11.1 Å². The summed E-state index contributed by atoms with van der Waals surface area (Å²) in [6, 6.07) is 10.7. The van der Waals surface area contributed by atoms with Gasteiger partial charge in [-0.2, -0.15) is 0 Å². The van der Waals surface area contributed by atoms with Gasteiger partial charge in [0.2, 0.25) is 0 Å². The molecular formula is C33H35BCl2N2O5. The van der Waals surface area contributed by atoms with E-state index in [9.17, 15) is 9.59 Å². The Balaban J connectivity index is 1.57. The molecule has 0 spiro atoms.